The Morgan fingerprint density at radius 1 is 0.889 bits per heavy atom. The van der Waals surface area contributed by atoms with E-state index in [4.69, 9.17) is 11.6 Å². The van der Waals surface area contributed by atoms with E-state index in [1.807, 2.05) is 48.5 Å². The summed E-state index contributed by atoms with van der Waals surface area (Å²) in [5, 5.41) is 4.55. The Morgan fingerprint density at radius 2 is 1.39 bits per heavy atom. The SMILES string of the molecule is Cl/C(=N\Nc1ccc(Br)cc1)c1ccc(Br)cc1. The van der Waals surface area contributed by atoms with Crippen LogP contribution in [0, 0.1) is 0 Å². The molecule has 0 heterocycles. The van der Waals surface area contributed by atoms with E-state index >= 15 is 0 Å². The summed E-state index contributed by atoms with van der Waals surface area (Å²) in [6, 6.07) is 15.4. The molecule has 0 saturated heterocycles. The van der Waals surface area contributed by atoms with Crippen LogP contribution in [-0.2, 0) is 0 Å². The number of nitrogens with one attached hydrogen (secondary N) is 1. The predicted octanol–water partition coefficient (Wildman–Crippen LogP) is 5.22. The Kier molecular flexibility index (Phi) is 4.80. The van der Waals surface area contributed by atoms with Crippen molar-refractivity contribution in [3.8, 4) is 0 Å². The summed E-state index contributed by atoms with van der Waals surface area (Å²) in [6.45, 7) is 0. The fraction of sp³-hybridized carbons (Fsp3) is 0. The van der Waals surface area contributed by atoms with Gasteiger partial charge in [0.25, 0.3) is 0 Å². The summed E-state index contributed by atoms with van der Waals surface area (Å²) in [7, 11) is 0. The molecule has 0 atom stereocenters. The molecule has 0 saturated carbocycles. The third-order valence-corrected chi connectivity index (χ3v) is 3.57. The van der Waals surface area contributed by atoms with Gasteiger partial charge >= 0.3 is 0 Å². The number of benzene rings is 2. The van der Waals surface area contributed by atoms with Crippen molar-refractivity contribution in [2.24, 2.45) is 5.10 Å². The average molecular weight is 388 g/mol. The highest BCUT2D eigenvalue weighted by Crippen LogP contribution is 2.16. The molecule has 2 aromatic rings. The number of anilines is 1. The van der Waals surface area contributed by atoms with Crippen LogP contribution in [0.5, 0.6) is 0 Å². The first kappa shape index (κ1) is 13.6. The maximum atomic E-state index is 6.10. The molecular formula is C13H9Br2ClN2. The Labute approximate surface area is 127 Å². The lowest BCUT2D eigenvalue weighted by Crippen LogP contribution is -1.96. The fourth-order valence-corrected chi connectivity index (χ4v) is 1.99. The zero-order valence-electron chi connectivity index (χ0n) is 9.20. The van der Waals surface area contributed by atoms with Gasteiger partial charge in [0.05, 0.1) is 5.69 Å². The fourth-order valence-electron chi connectivity index (χ4n) is 1.29. The monoisotopic (exact) mass is 386 g/mol. The van der Waals surface area contributed by atoms with Gasteiger partial charge in [0, 0.05) is 14.5 Å². The topological polar surface area (TPSA) is 24.4 Å². The van der Waals surface area contributed by atoms with Crippen LogP contribution >= 0.6 is 43.5 Å². The van der Waals surface area contributed by atoms with Crippen molar-refractivity contribution >= 4 is 54.3 Å². The molecule has 0 bridgehead atoms. The van der Waals surface area contributed by atoms with E-state index in [1.165, 1.54) is 0 Å². The Bertz CT molecular complexity index is 550. The molecule has 0 aliphatic carbocycles. The first-order chi connectivity index (χ1) is 8.65. The second-order valence-electron chi connectivity index (χ2n) is 3.53. The molecule has 0 aliphatic rings. The minimum absolute atomic E-state index is 0.422. The van der Waals surface area contributed by atoms with E-state index in [1.54, 1.807) is 0 Å². The molecular weight excluding hydrogens is 379 g/mol. The van der Waals surface area contributed by atoms with E-state index in [2.05, 4.69) is 42.4 Å². The van der Waals surface area contributed by atoms with E-state index in [0.29, 0.717) is 5.17 Å². The summed E-state index contributed by atoms with van der Waals surface area (Å²) in [5.74, 6) is 0. The minimum atomic E-state index is 0.422. The maximum absolute atomic E-state index is 6.10. The van der Waals surface area contributed by atoms with Crippen LogP contribution in [-0.4, -0.2) is 5.17 Å². The maximum Gasteiger partial charge on any atom is 0.156 e. The van der Waals surface area contributed by atoms with Crippen LogP contribution < -0.4 is 5.43 Å². The highest BCUT2D eigenvalue weighted by atomic mass is 79.9. The first-order valence-electron chi connectivity index (χ1n) is 5.16. The summed E-state index contributed by atoms with van der Waals surface area (Å²) >= 11 is 12.9. The van der Waals surface area contributed by atoms with Crippen LogP contribution in [0.4, 0.5) is 5.69 Å². The van der Waals surface area contributed by atoms with Gasteiger partial charge in [-0.2, -0.15) is 5.10 Å². The molecule has 2 aromatic carbocycles. The Balaban J connectivity index is 2.09. The molecule has 0 fully saturated rings. The molecule has 92 valence electrons. The first-order valence-corrected chi connectivity index (χ1v) is 7.12. The van der Waals surface area contributed by atoms with Crippen LogP contribution in [0.15, 0.2) is 62.6 Å². The molecule has 0 aliphatic heterocycles. The van der Waals surface area contributed by atoms with Gasteiger partial charge in [0.2, 0.25) is 0 Å². The third kappa shape index (κ3) is 3.83. The highest BCUT2D eigenvalue weighted by molar-refractivity contribution is 9.10. The lowest BCUT2D eigenvalue weighted by molar-refractivity contribution is 1.34. The van der Waals surface area contributed by atoms with Gasteiger partial charge in [-0.3, -0.25) is 5.43 Å². The van der Waals surface area contributed by atoms with Crippen molar-refractivity contribution in [3.05, 3.63) is 63.0 Å². The molecule has 2 nitrogen and oxygen atoms in total. The standard InChI is InChI=1S/C13H9Br2ClN2/c14-10-3-1-9(2-4-10)13(16)18-17-12-7-5-11(15)6-8-12/h1-8,17H/b18-13-. The number of nitrogens with zero attached hydrogens (tertiary/aromatic N) is 1. The smallest absolute Gasteiger partial charge is 0.156 e. The third-order valence-electron chi connectivity index (χ3n) is 2.21. The normalized spacial score (nSPS) is 11.4. The molecule has 0 unspecified atom stereocenters. The number of halogens is 3. The van der Waals surface area contributed by atoms with E-state index in [-0.39, 0.29) is 0 Å². The quantitative estimate of drug-likeness (QED) is 0.565. The van der Waals surface area contributed by atoms with Gasteiger partial charge < -0.3 is 0 Å². The minimum Gasteiger partial charge on any atom is -0.277 e. The molecule has 1 N–H and O–H groups in total. The second-order valence-corrected chi connectivity index (χ2v) is 5.72. The summed E-state index contributed by atoms with van der Waals surface area (Å²) < 4.78 is 2.03. The highest BCUT2D eigenvalue weighted by Gasteiger charge is 1.99. The van der Waals surface area contributed by atoms with Crippen LogP contribution in [0.25, 0.3) is 0 Å². The molecule has 2 rings (SSSR count). The van der Waals surface area contributed by atoms with Crippen molar-refractivity contribution in [1.82, 2.24) is 0 Å². The Hall–Kier alpha value is -0.840. The number of rotatable bonds is 3. The zero-order valence-corrected chi connectivity index (χ0v) is 13.1. The van der Waals surface area contributed by atoms with Crippen molar-refractivity contribution in [2.75, 3.05) is 5.43 Å². The Morgan fingerprint density at radius 3 is 1.94 bits per heavy atom. The molecule has 5 heteroatoms. The van der Waals surface area contributed by atoms with E-state index in [0.717, 1.165) is 20.2 Å². The van der Waals surface area contributed by atoms with Gasteiger partial charge in [-0.1, -0.05) is 55.6 Å². The molecule has 0 aromatic heterocycles. The van der Waals surface area contributed by atoms with Crippen LogP contribution in [0.2, 0.25) is 0 Å². The van der Waals surface area contributed by atoms with Crippen molar-refractivity contribution in [2.45, 2.75) is 0 Å². The van der Waals surface area contributed by atoms with Gasteiger partial charge in [-0.25, -0.2) is 0 Å². The number of hydrogen-bond donors (Lipinski definition) is 1. The predicted molar refractivity (Wildman–Crippen MR) is 84.3 cm³/mol. The number of hydrazone groups is 1. The molecule has 0 spiro atoms. The summed E-state index contributed by atoms with van der Waals surface area (Å²) in [6.07, 6.45) is 0. The van der Waals surface area contributed by atoms with Crippen LogP contribution in [0.3, 0.4) is 0 Å². The van der Waals surface area contributed by atoms with E-state index in [9.17, 15) is 0 Å². The largest absolute Gasteiger partial charge is 0.277 e. The summed E-state index contributed by atoms with van der Waals surface area (Å²) in [4.78, 5) is 0. The van der Waals surface area contributed by atoms with Gasteiger partial charge in [-0.05, 0) is 36.4 Å². The average Bonchev–Trinajstić information content (AvgIpc) is 2.38. The second kappa shape index (κ2) is 6.36. The van der Waals surface area contributed by atoms with Crippen LogP contribution in [0.1, 0.15) is 5.56 Å². The van der Waals surface area contributed by atoms with Crippen molar-refractivity contribution in [3.63, 3.8) is 0 Å². The lowest BCUT2D eigenvalue weighted by atomic mass is 10.2. The van der Waals surface area contributed by atoms with Crippen molar-refractivity contribution in [1.29, 1.82) is 0 Å². The van der Waals surface area contributed by atoms with Gasteiger partial charge in [-0.15, -0.1) is 0 Å². The van der Waals surface area contributed by atoms with E-state index < -0.39 is 0 Å². The zero-order chi connectivity index (χ0) is 13.0. The molecule has 0 radical (unpaired) electrons. The lowest BCUT2D eigenvalue weighted by Gasteiger charge is -2.02. The molecule has 18 heavy (non-hydrogen) atoms. The van der Waals surface area contributed by atoms with Gasteiger partial charge in [0.1, 0.15) is 0 Å². The van der Waals surface area contributed by atoms with Crippen molar-refractivity contribution < 1.29 is 0 Å². The number of hydrogen-bond acceptors (Lipinski definition) is 2. The summed E-state index contributed by atoms with van der Waals surface area (Å²) in [5.41, 5.74) is 4.66. The molecule has 0 amide bonds. The van der Waals surface area contributed by atoms with Gasteiger partial charge in [0.15, 0.2) is 5.17 Å².